The monoisotopic (exact) mass is 328 g/mol. The second-order valence-electron chi connectivity index (χ2n) is 5.40. The normalized spacial score (nSPS) is 10.2. The SMILES string of the molecule is COc1ccc(CNCC(=O)NCCc2cccc(OC)c2)cc1. The maximum absolute atomic E-state index is 11.8. The van der Waals surface area contributed by atoms with E-state index in [1.807, 2.05) is 48.5 Å². The molecule has 0 spiro atoms. The van der Waals surface area contributed by atoms with Gasteiger partial charge in [-0.2, -0.15) is 0 Å². The van der Waals surface area contributed by atoms with Crippen LogP contribution in [0, 0.1) is 0 Å². The van der Waals surface area contributed by atoms with Crippen LogP contribution in [0.15, 0.2) is 48.5 Å². The Morgan fingerprint density at radius 3 is 2.42 bits per heavy atom. The van der Waals surface area contributed by atoms with E-state index in [-0.39, 0.29) is 5.91 Å². The first kappa shape index (κ1) is 17.8. The number of ether oxygens (including phenoxy) is 2. The molecule has 0 saturated carbocycles. The van der Waals surface area contributed by atoms with Gasteiger partial charge in [0.25, 0.3) is 0 Å². The van der Waals surface area contributed by atoms with Crippen molar-refractivity contribution >= 4 is 5.91 Å². The van der Waals surface area contributed by atoms with Crippen LogP contribution < -0.4 is 20.1 Å². The van der Waals surface area contributed by atoms with Gasteiger partial charge in [0.15, 0.2) is 0 Å². The van der Waals surface area contributed by atoms with Gasteiger partial charge in [0.1, 0.15) is 11.5 Å². The fraction of sp³-hybridized carbons (Fsp3) is 0.316. The lowest BCUT2D eigenvalue weighted by atomic mass is 10.1. The van der Waals surface area contributed by atoms with Crippen molar-refractivity contribution in [3.05, 3.63) is 59.7 Å². The Morgan fingerprint density at radius 2 is 1.71 bits per heavy atom. The molecule has 0 bridgehead atoms. The molecule has 5 heteroatoms. The summed E-state index contributed by atoms with van der Waals surface area (Å²) in [6.07, 6.45) is 0.779. The van der Waals surface area contributed by atoms with Gasteiger partial charge in [-0.3, -0.25) is 4.79 Å². The first-order valence-electron chi connectivity index (χ1n) is 7.94. The van der Waals surface area contributed by atoms with E-state index in [1.54, 1.807) is 14.2 Å². The van der Waals surface area contributed by atoms with Crippen LogP contribution in [-0.2, 0) is 17.8 Å². The van der Waals surface area contributed by atoms with Gasteiger partial charge in [0, 0.05) is 13.1 Å². The molecule has 0 radical (unpaired) electrons. The Labute approximate surface area is 143 Å². The third-order valence-electron chi connectivity index (χ3n) is 3.64. The second kappa shape index (κ2) is 9.57. The van der Waals surface area contributed by atoms with Gasteiger partial charge in [-0.15, -0.1) is 0 Å². The molecular weight excluding hydrogens is 304 g/mol. The van der Waals surface area contributed by atoms with E-state index < -0.39 is 0 Å². The lowest BCUT2D eigenvalue weighted by molar-refractivity contribution is -0.120. The Kier molecular flexibility index (Phi) is 7.11. The molecule has 0 aliphatic heterocycles. The lowest BCUT2D eigenvalue weighted by Gasteiger charge is -2.08. The molecule has 2 rings (SSSR count). The predicted octanol–water partition coefficient (Wildman–Crippen LogP) is 2.15. The summed E-state index contributed by atoms with van der Waals surface area (Å²) in [5.41, 5.74) is 2.25. The summed E-state index contributed by atoms with van der Waals surface area (Å²) in [4.78, 5) is 11.8. The van der Waals surface area contributed by atoms with Crippen molar-refractivity contribution in [2.75, 3.05) is 27.3 Å². The number of methoxy groups -OCH3 is 2. The standard InChI is InChI=1S/C19H24N2O3/c1-23-17-8-6-16(7-9-17)13-20-14-19(22)21-11-10-15-4-3-5-18(12-15)24-2/h3-9,12,20H,10-11,13-14H2,1-2H3,(H,21,22). The van der Waals surface area contributed by atoms with Crippen LogP contribution in [0.1, 0.15) is 11.1 Å². The maximum Gasteiger partial charge on any atom is 0.233 e. The number of nitrogens with one attached hydrogen (secondary N) is 2. The number of benzene rings is 2. The molecule has 0 heterocycles. The van der Waals surface area contributed by atoms with Crippen molar-refractivity contribution in [2.24, 2.45) is 0 Å². The highest BCUT2D eigenvalue weighted by atomic mass is 16.5. The van der Waals surface area contributed by atoms with Gasteiger partial charge in [0.2, 0.25) is 5.91 Å². The molecule has 0 fully saturated rings. The molecule has 128 valence electrons. The minimum absolute atomic E-state index is 0.00796. The second-order valence-corrected chi connectivity index (χ2v) is 5.40. The van der Waals surface area contributed by atoms with Crippen molar-refractivity contribution in [3.63, 3.8) is 0 Å². The fourth-order valence-corrected chi connectivity index (χ4v) is 2.30. The molecule has 2 N–H and O–H groups in total. The number of hydrogen-bond acceptors (Lipinski definition) is 4. The van der Waals surface area contributed by atoms with Crippen LogP contribution in [0.2, 0.25) is 0 Å². The van der Waals surface area contributed by atoms with Crippen LogP contribution in [-0.4, -0.2) is 33.2 Å². The van der Waals surface area contributed by atoms with Crippen molar-refractivity contribution < 1.29 is 14.3 Å². The highest BCUT2D eigenvalue weighted by Gasteiger charge is 2.02. The third-order valence-corrected chi connectivity index (χ3v) is 3.64. The molecule has 0 atom stereocenters. The Morgan fingerprint density at radius 1 is 0.958 bits per heavy atom. The van der Waals surface area contributed by atoms with Gasteiger partial charge >= 0.3 is 0 Å². The zero-order chi connectivity index (χ0) is 17.2. The first-order valence-corrected chi connectivity index (χ1v) is 7.94. The van der Waals surface area contributed by atoms with Gasteiger partial charge in [-0.05, 0) is 41.8 Å². The van der Waals surface area contributed by atoms with Gasteiger partial charge in [-0.1, -0.05) is 24.3 Å². The summed E-state index contributed by atoms with van der Waals surface area (Å²) in [5, 5.41) is 6.04. The Hall–Kier alpha value is -2.53. The van der Waals surface area contributed by atoms with Crippen LogP contribution >= 0.6 is 0 Å². The summed E-state index contributed by atoms with van der Waals surface area (Å²) in [6.45, 7) is 1.55. The largest absolute Gasteiger partial charge is 0.497 e. The molecule has 0 aromatic heterocycles. The maximum atomic E-state index is 11.8. The van der Waals surface area contributed by atoms with Crippen molar-refractivity contribution in [1.29, 1.82) is 0 Å². The van der Waals surface area contributed by atoms with Crippen LogP contribution in [0.5, 0.6) is 11.5 Å². The number of carbonyl (C=O) groups is 1. The quantitative estimate of drug-likeness (QED) is 0.740. The van der Waals surface area contributed by atoms with E-state index in [2.05, 4.69) is 10.6 Å². The zero-order valence-electron chi connectivity index (χ0n) is 14.2. The predicted molar refractivity (Wildman–Crippen MR) is 94.4 cm³/mol. The smallest absolute Gasteiger partial charge is 0.233 e. The number of rotatable bonds is 9. The highest BCUT2D eigenvalue weighted by molar-refractivity contribution is 5.77. The number of hydrogen-bond donors (Lipinski definition) is 2. The van der Waals surface area contributed by atoms with Crippen LogP contribution in [0.3, 0.4) is 0 Å². The molecule has 1 amide bonds. The molecule has 2 aromatic carbocycles. The zero-order valence-corrected chi connectivity index (χ0v) is 14.2. The topological polar surface area (TPSA) is 59.6 Å². The summed E-state index contributed by atoms with van der Waals surface area (Å²) in [7, 11) is 3.29. The molecule has 24 heavy (non-hydrogen) atoms. The molecular formula is C19H24N2O3. The molecule has 0 aliphatic carbocycles. The molecule has 0 unspecified atom stereocenters. The van der Waals surface area contributed by atoms with Crippen molar-refractivity contribution in [3.8, 4) is 11.5 Å². The van der Waals surface area contributed by atoms with E-state index in [9.17, 15) is 4.79 Å². The Bertz CT molecular complexity index is 641. The first-order chi connectivity index (χ1) is 11.7. The number of amides is 1. The molecule has 0 saturated heterocycles. The third kappa shape index (κ3) is 5.93. The van der Waals surface area contributed by atoms with Gasteiger partial charge < -0.3 is 20.1 Å². The average molecular weight is 328 g/mol. The molecule has 0 aliphatic rings. The average Bonchev–Trinajstić information content (AvgIpc) is 2.62. The molecule has 2 aromatic rings. The van der Waals surface area contributed by atoms with Crippen molar-refractivity contribution in [1.82, 2.24) is 10.6 Å². The van der Waals surface area contributed by atoms with E-state index in [0.717, 1.165) is 29.0 Å². The molecule has 5 nitrogen and oxygen atoms in total. The summed E-state index contributed by atoms with van der Waals surface area (Å²) < 4.78 is 10.3. The van der Waals surface area contributed by atoms with Gasteiger partial charge in [-0.25, -0.2) is 0 Å². The van der Waals surface area contributed by atoms with Crippen LogP contribution in [0.25, 0.3) is 0 Å². The lowest BCUT2D eigenvalue weighted by Crippen LogP contribution is -2.34. The number of carbonyl (C=O) groups excluding carboxylic acids is 1. The Balaban J connectivity index is 1.64. The van der Waals surface area contributed by atoms with Gasteiger partial charge in [0.05, 0.1) is 20.8 Å². The fourth-order valence-electron chi connectivity index (χ4n) is 2.30. The highest BCUT2D eigenvalue weighted by Crippen LogP contribution is 2.12. The van der Waals surface area contributed by atoms with Crippen molar-refractivity contribution in [2.45, 2.75) is 13.0 Å². The van der Waals surface area contributed by atoms with Crippen LogP contribution in [0.4, 0.5) is 0 Å². The minimum atomic E-state index is -0.00796. The van der Waals surface area contributed by atoms with E-state index in [4.69, 9.17) is 9.47 Å². The minimum Gasteiger partial charge on any atom is -0.497 e. The van der Waals surface area contributed by atoms with E-state index in [0.29, 0.717) is 19.6 Å². The summed E-state index contributed by atoms with van der Waals surface area (Å²) >= 11 is 0. The van der Waals surface area contributed by atoms with E-state index in [1.165, 1.54) is 0 Å². The summed E-state index contributed by atoms with van der Waals surface area (Å²) in [5.74, 6) is 1.65. The van der Waals surface area contributed by atoms with E-state index >= 15 is 0 Å². The summed E-state index contributed by atoms with van der Waals surface area (Å²) in [6, 6.07) is 15.6.